The molecule has 0 saturated carbocycles. The quantitative estimate of drug-likeness (QED) is 0.0856. The Morgan fingerprint density at radius 3 is 2.00 bits per heavy atom. The summed E-state index contributed by atoms with van der Waals surface area (Å²) in [4.78, 5) is 84.1. The molecule has 14 nitrogen and oxygen atoms in total. The van der Waals surface area contributed by atoms with Gasteiger partial charge in [0.05, 0.1) is 24.7 Å². The van der Waals surface area contributed by atoms with Crippen molar-refractivity contribution in [3.8, 4) is 0 Å². The number of carbonyl (C=O) groups is 6. The van der Waals surface area contributed by atoms with Gasteiger partial charge in [0, 0.05) is 11.3 Å². The highest BCUT2D eigenvalue weighted by Crippen LogP contribution is 2.39. The van der Waals surface area contributed by atoms with Crippen molar-refractivity contribution in [1.29, 1.82) is 5.41 Å². The van der Waals surface area contributed by atoms with E-state index in [1.165, 1.54) is 69.3 Å². The van der Waals surface area contributed by atoms with Gasteiger partial charge >= 0.3 is 18.0 Å². The second kappa shape index (κ2) is 14.5. The van der Waals surface area contributed by atoms with Crippen LogP contribution in [0.1, 0.15) is 59.1 Å². The van der Waals surface area contributed by atoms with Crippen LogP contribution < -0.4 is 21.7 Å². The molecule has 2 aromatic rings. The van der Waals surface area contributed by atoms with E-state index >= 15 is 0 Å². The Hall–Kier alpha value is -4.82. The number of nitrogens with one attached hydrogen (secondary N) is 2. The van der Waals surface area contributed by atoms with E-state index in [9.17, 15) is 28.8 Å². The fraction of sp³-hybridized carbons (Fsp3) is 0.387. The van der Waals surface area contributed by atoms with Crippen molar-refractivity contribution >= 4 is 59.5 Å². The number of hydrogen-bond donors (Lipinski definition) is 4. The first-order chi connectivity index (χ1) is 21.0. The molecule has 248 valence electrons. The summed E-state index contributed by atoms with van der Waals surface area (Å²) < 4.78 is 10.6. The topological polar surface area (TPSA) is 215 Å². The summed E-state index contributed by atoms with van der Waals surface area (Å²) in [6.45, 7) is 8.46. The third kappa shape index (κ3) is 7.02. The smallest absolute Gasteiger partial charge is 0.362 e. The number of amides is 4. The third-order valence-electron chi connectivity index (χ3n) is 7.04. The number of para-hydroxylation sites is 1. The van der Waals surface area contributed by atoms with Crippen molar-refractivity contribution in [3.05, 3.63) is 65.7 Å². The highest BCUT2D eigenvalue weighted by molar-refractivity contribution is 6.24. The lowest BCUT2D eigenvalue weighted by Crippen LogP contribution is -2.75. The van der Waals surface area contributed by atoms with E-state index in [1.807, 2.05) is 0 Å². The van der Waals surface area contributed by atoms with Gasteiger partial charge in [0.1, 0.15) is 11.4 Å². The van der Waals surface area contributed by atoms with Gasteiger partial charge in [0.15, 0.2) is 5.78 Å². The molecule has 2 aromatic carbocycles. The highest BCUT2D eigenvalue weighted by Gasteiger charge is 2.67. The molecule has 1 fully saturated rings. The van der Waals surface area contributed by atoms with Gasteiger partial charge in [0.2, 0.25) is 5.91 Å². The molecule has 0 unspecified atom stereocenters. The van der Waals surface area contributed by atoms with Crippen LogP contribution in [0.25, 0.3) is 0 Å². The van der Waals surface area contributed by atoms with Crippen LogP contribution in [0.5, 0.6) is 0 Å². The Morgan fingerprint density at radius 1 is 0.978 bits per heavy atom. The van der Waals surface area contributed by atoms with E-state index in [0.717, 1.165) is 6.92 Å². The number of hydrogen-bond acceptors (Lipinski definition) is 10. The van der Waals surface area contributed by atoms with Gasteiger partial charge in [-0.05, 0) is 59.2 Å². The monoisotopic (exact) mass is 658 g/mol. The number of halogens is 1. The van der Waals surface area contributed by atoms with E-state index in [0.29, 0.717) is 15.4 Å². The number of anilines is 1. The zero-order valence-corrected chi connectivity index (χ0v) is 27.2. The first-order valence-electron chi connectivity index (χ1n) is 14.2. The number of nitrogens with two attached hydrogens (primary N) is 2. The fourth-order valence-electron chi connectivity index (χ4n) is 4.94. The molecule has 1 aliphatic heterocycles. The summed E-state index contributed by atoms with van der Waals surface area (Å²) in [5.41, 5.74) is 7.34. The normalized spacial score (nSPS) is 17.8. The number of rotatable bonds is 12. The summed E-state index contributed by atoms with van der Waals surface area (Å²) in [5, 5.41) is 10.2. The number of carbonyl (C=O) groups excluding carboxylic acids is 6. The standard InChI is InChI=1S/C31H38N6O8.ClH/c1-17(2)44-24(39)16-23(32)26(40)36(22-10-8-7-9-11-22)31(19(5)38,28(42)45-18(3)4)37-27(41)30(6,35-29(37)43)21-14-12-20(13-15-21)25(33)34;/h7-15,17-18,23H,16,32H2,1-6H3,(H3,33,34)(H,35,43);1H/t23-,30+,31-;/m0./s1. The van der Waals surface area contributed by atoms with Crippen LogP contribution in [-0.4, -0.2) is 70.2 Å². The van der Waals surface area contributed by atoms with Gasteiger partial charge in [0.25, 0.3) is 11.6 Å². The maximum atomic E-state index is 14.4. The number of nitrogens with zero attached hydrogens (tertiary/aromatic N) is 2. The molecule has 46 heavy (non-hydrogen) atoms. The molecule has 6 N–H and O–H groups in total. The summed E-state index contributed by atoms with van der Waals surface area (Å²) in [5.74, 6) is -5.79. The first kappa shape index (κ1) is 37.4. The second-order valence-electron chi connectivity index (χ2n) is 11.2. The molecule has 4 amide bonds. The number of Topliss-reactive ketones (excluding diaryl/α,β-unsaturated/α-hetero) is 1. The van der Waals surface area contributed by atoms with Gasteiger partial charge in [-0.25, -0.2) is 14.5 Å². The van der Waals surface area contributed by atoms with E-state index in [2.05, 4.69) is 5.32 Å². The minimum Gasteiger partial charge on any atom is -0.463 e. The number of ether oxygens (including phenoxy) is 2. The maximum absolute atomic E-state index is 14.4. The van der Waals surface area contributed by atoms with Gasteiger partial charge in [-0.2, -0.15) is 0 Å². The van der Waals surface area contributed by atoms with Crippen LogP contribution in [0, 0.1) is 5.41 Å². The molecule has 15 heteroatoms. The minimum atomic E-state index is -3.04. The molecular weight excluding hydrogens is 620 g/mol. The lowest BCUT2D eigenvalue weighted by molar-refractivity contribution is -0.169. The molecule has 0 radical (unpaired) electrons. The molecule has 1 aliphatic rings. The Bertz CT molecular complexity index is 1520. The Balaban J connectivity index is 0.00000736. The van der Waals surface area contributed by atoms with Crippen LogP contribution in [-0.2, 0) is 39.0 Å². The van der Waals surface area contributed by atoms with Gasteiger partial charge in [-0.15, -0.1) is 12.4 Å². The number of urea groups is 1. The lowest BCUT2D eigenvalue weighted by Gasteiger charge is -2.44. The number of amidine groups is 1. The van der Waals surface area contributed by atoms with Crippen molar-refractivity contribution in [2.45, 2.75) is 77.4 Å². The molecule has 0 bridgehead atoms. The van der Waals surface area contributed by atoms with Crippen LogP contribution in [0.3, 0.4) is 0 Å². The highest BCUT2D eigenvalue weighted by atomic mass is 35.5. The van der Waals surface area contributed by atoms with Crippen LogP contribution in [0.15, 0.2) is 54.6 Å². The molecule has 1 saturated heterocycles. The number of ketones is 1. The van der Waals surface area contributed by atoms with Crippen LogP contribution in [0.4, 0.5) is 10.5 Å². The number of esters is 2. The first-order valence-corrected chi connectivity index (χ1v) is 14.2. The maximum Gasteiger partial charge on any atom is 0.362 e. The second-order valence-corrected chi connectivity index (χ2v) is 11.2. The van der Waals surface area contributed by atoms with E-state index < -0.39 is 71.4 Å². The molecule has 1 heterocycles. The predicted octanol–water partition coefficient (Wildman–Crippen LogP) is 2.10. The van der Waals surface area contributed by atoms with Gasteiger partial charge in [-0.3, -0.25) is 29.5 Å². The van der Waals surface area contributed by atoms with Gasteiger partial charge in [-0.1, -0.05) is 42.5 Å². The Morgan fingerprint density at radius 2 is 1.52 bits per heavy atom. The zero-order valence-electron chi connectivity index (χ0n) is 26.4. The van der Waals surface area contributed by atoms with Crippen LogP contribution in [0.2, 0.25) is 0 Å². The minimum absolute atomic E-state index is 0. The Kier molecular flexibility index (Phi) is 11.8. The molecular formula is C31H39ClN6O8. The van der Waals surface area contributed by atoms with Crippen molar-refractivity contribution in [2.75, 3.05) is 4.90 Å². The molecule has 0 spiro atoms. The summed E-state index contributed by atoms with van der Waals surface area (Å²) in [6, 6.07) is 10.3. The number of benzene rings is 2. The van der Waals surface area contributed by atoms with Crippen molar-refractivity contribution in [3.63, 3.8) is 0 Å². The van der Waals surface area contributed by atoms with Crippen LogP contribution >= 0.6 is 12.4 Å². The Labute approximate surface area is 272 Å². The largest absolute Gasteiger partial charge is 0.463 e. The van der Waals surface area contributed by atoms with Gasteiger partial charge < -0.3 is 26.3 Å². The van der Waals surface area contributed by atoms with E-state index in [4.69, 9.17) is 26.4 Å². The molecule has 3 rings (SSSR count). The lowest BCUT2D eigenvalue weighted by atomic mass is 9.89. The summed E-state index contributed by atoms with van der Waals surface area (Å²) >= 11 is 0. The molecule has 3 atom stereocenters. The van der Waals surface area contributed by atoms with Crippen molar-refractivity contribution < 1.29 is 38.2 Å². The van der Waals surface area contributed by atoms with Crippen molar-refractivity contribution in [2.24, 2.45) is 11.5 Å². The zero-order chi connectivity index (χ0) is 33.9. The van der Waals surface area contributed by atoms with E-state index in [1.54, 1.807) is 19.9 Å². The van der Waals surface area contributed by atoms with E-state index in [-0.39, 0.29) is 29.5 Å². The summed E-state index contributed by atoms with van der Waals surface area (Å²) in [7, 11) is 0. The molecule has 0 aromatic heterocycles. The summed E-state index contributed by atoms with van der Waals surface area (Å²) in [6.07, 6.45) is -2.02. The fourth-order valence-corrected chi connectivity index (χ4v) is 4.94. The average Bonchev–Trinajstić information content (AvgIpc) is 3.19. The SMILES string of the molecule is CC(=O)[C@@](C(=O)OC(C)C)(N1C(=O)N[C@](C)(c2ccc(C(=N)N)cc2)C1=O)N(C(=O)[C@@H](N)CC(=O)OC(C)C)c1ccccc1.Cl. The molecule has 0 aliphatic carbocycles. The average molecular weight is 659 g/mol. The third-order valence-corrected chi connectivity index (χ3v) is 7.04. The number of nitrogen functional groups attached to an aromatic ring is 1. The number of imide groups is 1. The van der Waals surface area contributed by atoms with Crippen molar-refractivity contribution in [1.82, 2.24) is 10.2 Å². The predicted molar refractivity (Wildman–Crippen MR) is 170 cm³/mol.